The summed E-state index contributed by atoms with van der Waals surface area (Å²) < 4.78 is 16.7. The second kappa shape index (κ2) is 7.41. The predicted octanol–water partition coefficient (Wildman–Crippen LogP) is 3.97. The molecule has 3 aromatic rings. The summed E-state index contributed by atoms with van der Waals surface area (Å²) in [5.41, 5.74) is 9.26. The fourth-order valence-corrected chi connectivity index (χ4v) is 3.66. The van der Waals surface area contributed by atoms with Crippen LogP contribution in [0.3, 0.4) is 0 Å². The first-order valence-electron chi connectivity index (χ1n) is 8.71. The zero-order valence-corrected chi connectivity index (χ0v) is 16.4. The topological polar surface area (TPSA) is 106 Å². The Hall–Kier alpha value is -3.63. The number of hydrogen-bond donors (Lipinski definition) is 2. The van der Waals surface area contributed by atoms with Gasteiger partial charge in [-0.05, 0) is 18.2 Å². The van der Waals surface area contributed by atoms with Crippen molar-refractivity contribution >= 4 is 11.6 Å². The molecule has 1 aliphatic rings. The number of H-pyrrole nitrogens is 1. The number of hydrogen-bond acceptors (Lipinski definition) is 6. The van der Waals surface area contributed by atoms with Crippen LogP contribution in [0.25, 0.3) is 11.3 Å². The number of benzene rings is 2. The Kier molecular flexibility index (Phi) is 4.79. The van der Waals surface area contributed by atoms with Gasteiger partial charge >= 0.3 is 0 Å². The molecule has 0 spiro atoms. The number of methoxy groups -OCH3 is 2. The van der Waals surface area contributed by atoms with Gasteiger partial charge in [0.2, 0.25) is 11.8 Å². The van der Waals surface area contributed by atoms with E-state index in [9.17, 15) is 5.26 Å². The summed E-state index contributed by atoms with van der Waals surface area (Å²) in [6, 6.07) is 15.0. The first-order valence-corrected chi connectivity index (χ1v) is 9.09. The molecule has 0 saturated heterocycles. The molecular formula is C21H17ClN4O3. The number of ether oxygens (including phenoxy) is 3. The summed E-state index contributed by atoms with van der Waals surface area (Å²) in [5.74, 6) is 0.811. The average molecular weight is 409 g/mol. The fourth-order valence-electron chi connectivity index (χ4n) is 3.53. The quantitative estimate of drug-likeness (QED) is 0.676. The zero-order chi connectivity index (χ0) is 20.5. The highest BCUT2D eigenvalue weighted by molar-refractivity contribution is 6.30. The Labute approximate surface area is 172 Å². The zero-order valence-electron chi connectivity index (χ0n) is 15.7. The third kappa shape index (κ3) is 3.04. The Morgan fingerprint density at radius 2 is 1.93 bits per heavy atom. The van der Waals surface area contributed by atoms with Crippen LogP contribution in [0.1, 0.15) is 17.0 Å². The van der Waals surface area contributed by atoms with Crippen LogP contribution < -0.4 is 19.9 Å². The summed E-state index contributed by atoms with van der Waals surface area (Å²) in [7, 11) is 3.11. The number of allylic oxidation sites excluding steroid dienone is 1. The van der Waals surface area contributed by atoms with Gasteiger partial charge in [0.25, 0.3) is 0 Å². The first kappa shape index (κ1) is 18.7. The van der Waals surface area contributed by atoms with Gasteiger partial charge in [-0.3, -0.25) is 5.10 Å². The second-order valence-corrected chi connectivity index (χ2v) is 6.77. The van der Waals surface area contributed by atoms with Crippen molar-refractivity contribution in [2.75, 3.05) is 14.2 Å². The molecule has 0 bridgehead atoms. The predicted molar refractivity (Wildman–Crippen MR) is 108 cm³/mol. The van der Waals surface area contributed by atoms with E-state index in [-0.39, 0.29) is 11.5 Å². The van der Waals surface area contributed by atoms with Crippen LogP contribution in [0.4, 0.5) is 0 Å². The molecule has 1 atom stereocenters. The molecular weight excluding hydrogens is 392 g/mol. The summed E-state index contributed by atoms with van der Waals surface area (Å²) in [4.78, 5) is 0. The molecule has 7 nitrogen and oxygen atoms in total. The maximum Gasteiger partial charge on any atom is 0.244 e. The molecule has 2 aromatic carbocycles. The highest BCUT2D eigenvalue weighted by Crippen LogP contribution is 2.49. The monoisotopic (exact) mass is 408 g/mol. The average Bonchev–Trinajstić information content (AvgIpc) is 3.15. The van der Waals surface area contributed by atoms with Gasteiger partial charge in [-0.15, -0.1) is 5.10 Å². The van der Waals surface area contributed by atoms with Crippen LogP contribution in [0.15, 0.2) is 53.9 Å². The summed E-state index contributed by atoms with van der Waals surface area (Å²) >= 11 is 6.03. The molecule has 8 heteroatoms. The largest absolute Gasteiger partial charge is 0.493 e. The van der Waals surface area contributed by atoms with E-state index in [0.29, 0.717) is 39.2 Å². The van der Waals surface area contributed by atoms with Gasteiger partial charge < -0.3 is 19.9 Å². The lowest BCUT2D eigenvalue weighted by Crippen LogP contribution is -2.21. The van der Waals surface area contributed by atoms with E-state index in [1.54, 1.807) is 32.4 Å². The minimum Gasteiger partial charge on any atom is -0.493 e. The van der Waals surface area contributed by atoms with E-state index in [0.717, 1.165) is 5.56 Å². The second-order valence-electron chi connectivity index (χ2n) is 6.33. The van der Waals surface area contributed by atoms with E-state index >= 15 is 0 Å². The smallest absolute Gasteiger partial charge is 0.244 e. The first-order chi connectivity index (χ1) is 14.1. The van der Waals surface area contributed by atoms with Gasteiger partial charge in [0, 0.05) is 16.1 Å². The number of nitrogens with zero attached hydrogens (tertiary/aromatic N) is 2. The van der Waals surface area contributed by atoms with Gasteiger partial charge in [0.15, 0.2) is 11.5 Å². The molecule has 0 aliphatic carbocycles. The van der Waals surface area contributed by atoms with Crippen LogP contribution in [0.5, 0.6) is 17.4 Å². The minimum atomic E-state index is -0.557. The van der Waals surface area contributed by atoms with Crippen LogP contribution in [-0.4, -0.2) is 24.4 Å². The molecule has 0 amide bonds. The minimum absolute atomic E-state index is 0.00373. The van der Waals surface area contributed by atoms with E-state index in [1.807, 2.05) is 24.3 Å². The van der Waals surface area contributed by atoms with E-state index in [2.05, 4.69) is 16.3 Å². The number of fused-ring (bicyclic) bond motifs is 1. The van der Waals surface area contributed by atoms with E-state index < -0.39 is 5.92 Å². The maximum absolute atomic E-state index is 9.86. The third-order valence-electron chi connectivity index (χ3n) is 4.82. The molecule has 0 radical (unpaired) electrons. The molecule has 3 N–H and O–H groups in total. The molecule has 1 aromatic heterocycles. The van der Waals surface area contributed by atoms with Crippen LogP contribution in [0, 0.1) is 11.3 Å². The number of nitrogens with one attached hydrogen (secondary N) is 1. The normalized spacial score (nSPS) is 15.3. The van der Waals surface area contributed by atoms with Crippen molar-refractivity contribution in [3.05, 3.63) is 70.1 Å². The SMILES string of the molecule is COc1cccc(C2C(C#N)=C(N)Oc3n[nH]c(-c4ccc(Cl)cc4)c32)c1OC. The Morgan fingerprint density at radius 3 is 2.59 bits per heavy atom. The van der Waals surface area contributed by atoms with E-state index in [1.165, 1.54) is 0 Å². The summed E-state index contributed by atoms with van der Waals surface area (Å²) in [6.45, 7) is 0. The van der Waals surface area contributed by atoms with Gasteiger partial charge in [0.05, 0.1) is 31.4 Å². The Morgan fingerprint density at radius 1 is 1.17 bits per heavy atom. The third-order valence-corrected chi connectivity index (χ3v) is 5.07. The van der Waals surface area contributed by atoms with Crippen molar-refractivity contribution in [3.8, 4) is 34.7 Å². The van der Waals surface area contributed by atoms with Crippen molar-refractivity contribution in [3.63, 3.8) is 0 Å². The molecule has 29 heavy (non-hydrogen) atoms. The van der Waals surface area contributed by atoms with Gasteiger partial charge in [-0.25, -0.2) is 0 Å². The van der Waals surface area contributed by atoms with Crippen molar-refractivity contribution in [2.45, 2.75) is 5.92 Å². The maximum atomic E-state index is 9.86. The number of nitrogens with two attached hydrogens (primary N) is 1. The van der Waals surface area contributed by atoms with Gasteiger partial charge in [-0.2, -0.15) is 5.26 Å². The van der Waals surface area contributed by atoms with Crippen LogP contribution in [-0.2, 0) is 0 Å². The van der Waals surface area contributed by atoms with Crippen molar-refractivity contribution in [1.82, 2.24) is 10.2 Å². The number of para-hydroxylation sites is 1. The van der Waals surface area contributed by atoms with Crippen molar-refractivity contribution < 1.29 is 14.2 Å². The molecule has 0 fully saturated rings. The molecule has 0 saturated carbocycles. The van der Waals surface area contributed by atoms with Crippen molar-refractivity contribution in [2.24, 2.45) is 5.73 Å². The fraction of sp³-hybridized carbons (Fsp3) is 0.143. The lowest BCUT2D eigenvalue weighted by molar-refractivity contribution is 0.348. The number of rotatable bonds is 4. The van der Waals surface area contributed by atoms with Gasteiger partial charge in [0.1, 0.15) is 11.6 Å². The Bertz CT molecular complexity index is 1150. The van der Waals surface area contributed by atoms with Crippen LogP contribution in [0.2, 0.25) is 5.02 Å². The number of aromatic nitrogens is 2. The standard InChI is InChI=1S/C21H17ClN4O3/c1-27-15-5-3-4-13(19(15)28-2)16-14(10-23)20(24)29-21-17(16)18(25-26-21)11-6-8-12(22)9-7-11/h3-9,16H,24H2,1-2H3,(H,25,26). The molecule has 1 aliphatic heterocycles. The highest BCUT2D eigenvalue weighted by atomic mass is 35.5. The summed E-state index contributed by atoms with van der Waals surface area (Å²) in [6.07, 6.45) is 0. The molecule has 4 rings (SSSR count). The van der Waals surface area contributed by atoms with Crippen LogP contribution >= 0.6 is 11.6 Å². The summed E-state index contributed by atoms with van der Waals surface area (Å²) in [5, 5.41) is 17.7. The molecule has 146 valence electrons. The molecule has 2 heterocycles. The molecule has 1 unspecified atom stereocenters. The highest BCUT2D eigenvalue weighted by Gasteiger charge is 2.37. The Balaban J connectivity index is 1.99. The van der Waals surface area contributed by atoms with Gasteiger partial charge in [-0.1, -0.05) is 35.9 Å². The van der Waals surface area contributed by atoms with E-state index in [4.69, 9.17) is 31.5 Å². The number of nitriles is 1. The number of aromatic amines is 1. The lowest BCUT2D eigenvalue weighted by atomic mass is 9.82. The lowest BCUT2D eigenvalue weighted by Gasteiger charge is -2.26. The van der Waals surface area contributed by atoms with Crippen molar-refractivity contribution in [1.29, 1.82) is 5.26 Å². The number of halogens is 1.